The van der Waals surface area contributed by atoms with Crippen LogP contribution < -0.4 is 5.32 Å². The Kier molecular flexibility index (Phi) is 3.09. The second kappa shape index (κ2) is 4.93. The zero-order valence-electron chi connectivity index (χ0n) is 11.0. The molecule has 0 atom stereocenters. The van der Waals surface area contributed by atoms with E-state index in [-0.39, 0.29) is 5.56 Å². The number of halogens is 2. The molecule has 0 aliphatic heterocycles. The Labute approximate surface area is 118 Å². The van der Waals surface area contributed by atoms with Crippen molar-refractivity contribution in [1.82, 2.24) is 14.6 Å². The SMILES string of the molecule is Cc1nc2ccc(NC(=O)c3ccc(F)c(F)c3)cn2n1. The summed E-state index contributed by atoms with van der Waals surface area (Å²) in [5.74, 6) is -1.99. The molecule has 1 aromatic carbocycles. The predicted octanol–water partition coefficient (Wildman–Crippen LogP) is 2.57. The Balaban J connectivity index is 1.86. The van der Waals surface area contributed by atoms with Gasteiger partial charge in [-0.3, -0.25) is 4.79 Å². The Morgan fingerprint density at radius 3 is 2.76 bits per heavy atom. The summed E-state index contributed by atoms with van der Waals surface area (Å²) in [4.78, 5) is 16.1. The fourth-order valence-corrected chi connectivity index (χ4v) is 1.91. The van der Waals surface area contributed by atoms with Gasteiger partial charge in [-0.1, -0.05) is 0 Å². The van der Waals surface area contributed by atoms with Crippen molar-refractivity contribution in [3.8, 4) is 0 Å². The highest BCUT2D eigenvalue weighted by atomic mass is 19.2. The summed E-state index contributed by atoms with van der Waals surface area (Å²) in [7, 11) is 0. The summed E-state index contributed by atoms with van der Waals surface area (Å²) < 4.78 is 27.5. The van der Waals surface area contributed by atoms with Gasteiger partial charge in [0.15, 0.2) is 17.3 Å². The Bertz CT molecular complexity index is 844. The van der Waals surface area contributed by atoms with Crippen LogP contribution in [0.4, 0.5) is 14.5 Å². The average Bonchev–Trinajstić information content (AvgIpc) is 2.81. The van der Waals surface area contributed by atoms with Crippen molar-refractivity contribution >= 4 is 17.2 Å². The lowest BCUT2D eigenvalue weighted by atomic mass is 10.2. The van der Waals surface area contributed by atoms with Gasteiger partial charge in [0, 0.05) is 5.56 Å². The molecule has 0 aliphatic rings. The molecule has 0 saturated heterocycles. The third-order valence-corrected chi connectivity index (χ3v) is 2.88. The molecule has 0 saturated carbocycles. The number of benzene rings is 1. The van der Waals surface area contributed by atoms with Gasteiger partial charge in [-0.25, -0.2) is 18.3 Å². The molecule has 5 nitrogen and oxygen atoms in total. The van der Waals surface area contributed by atoms with Crippen LogP contribution in [0.2, 0.25) is 0 Å². The van der Waals surface area contributed by atoms with Gasteiger partial charge in [-0.05, 0) is 37.3 Å². The van der Waals surface area contributed by atoms with Gasteiger partial charge in [0.05, 0.1) is 11.9 Å². The van der Waals surface area contributed by atoms with Crippen LogP contribution in [0.15, 0.2) is 36.5 Å². The van der Waals surface area contributed by atoms with Gasteiger partial charge >= 0.3 is 0 Å². The van der Waals surface area contributed by atoms with Crippen molar-refractivity contribution in [2.45, 2.75) is 6.92 Å². The number of hydrogen-bond acceptors (Lipinski definition) is 3. The normalized spacial score (nSPS) is 10.8. The van der Waals surface area contributed by atoms with E-state index in [9.17, 15) is 13.6 Å². The maximum Gasteiger partial charge on any atom is 0.255 e. The number of pyridine rings is 1. The molecule has 0 spiro atoms. The molecule has 21 heavy (non-hydrogen) atoms. The minimum absolute atomic E-state index is 0.0313. The Morgan fingerprint density at radius 2 is 2.00 bits per heavy atom. The summed E-state index contributed by atoms with van der Waals surface area (Å²) in [5, 5.41) is 6.71. The summed E-state index contributed by atoms with van der Waals surface area (Å²) >= 11 is 0. The number of nitrogens with one attached hydrogen (secondary N) is 1. The molecule has 0 fully saturated rings. The number of anilines is 1. The van der Waals surface area contributed by atoms with E-state index in [2.05, 4.69) is 15.4 Å². The van der Waals surface area contributed by atoms with E-state index in [1.807, 2.05) is 0 Å². The van der Waals surface area contributed by atoms with Crippen LogP contribution in [0, 0.1) is 18.6 Å². The number of aromatic nitrogens is 3. The quantitative estimate of drug-likeness (QED) is 0.788. The van der Waals surface area contributed by atoms with E-state index in [1.54, 1.807) is 25.3 Å². The van der Waals surface area contributed by atoms with Gasteiger partial charge < -0.3 is 5.32 Å². The molecule has 1 N–H and O–H groups in total. The molecule has 106 valence electrons. The van der Waals surface area contributed by atoms with Crippen molar-refractivity contribution in [2.24, 2.45) is 0 Å². The highest BCUT2D eigenvalue weighted by molar-refractivity contribution is 6.04. The summed E-state index contributed by atoms with van der Waals surface area (Å²) in [6.45, 7) is 1.76. The number of rotatable bonds is 2. The molecule has 7 heteroatoms. The van der Waals surface area contributed by atoms with E-state index in [1.165, 1.54) is 10.6 Å². The van der Waals surface area contributed by atoms with Crippen molar-refractivity contribution < 1.29 is 13.6 Å². The van der Waals surface area contributed by atoms with Crippen LogP contribution in [0.1, 0.15) is 16.2 Å². The zero-order valence-corrected chi connectivity index (χ0v) is 11.0. The average molecular weight is 288 g/mol. The number of hydrogen-bond donors (Lipinski definition) is 1. The number of carbonyl (C=O) groups is 1. The summed E-state index contributed by atoms with van der Waals surface area (Å²) in [5.41, 5.74) is 1.16. The third kappa shape index (κ3) is 2.58. The molecular formula is C14H10F2N4O. The number of amides is 1. The topological polar surface area (TPSA) is 59.3 Å². The van der Waals surface area contributed by atoms with Gasteiger partial charge in [0.1, 0.15) is 5.82 Å². The summed E-state index contributed by atoms with van der Waals surface area (Å²) in [6.07, 6.45) is 1.59. The van der Waals surface area contributed by atoms with E-state index in [0.29, 0.717) is 17.2 Å². The summed E-state index contributed by atoms with van der Waals surface area (Å²) in [6, 6.07) is 6.32. The largest absolute Gasteiger partial charge is 0.321 e. The van der Waals surface area contributed by atoms with Crippen molar-refractivity contribution in [3.63, 3.8) is 0 Å². The highest BCUT2D eigenvalue weighted by Gasteiger charge is 2.10. The second-order valence-corrected chi connectivity index (χ2v) is 4.46. The maximum absolute atomic E-state index is 13.1. The first-order chi connectivity index (χ1) is 10.0. The lowest BCUT2D eigenvalue weighted by Crippen LogP contribution is -2.13. The van der Waals surface area contributed by atoms with E-state index in [0.717, 1.165) is 12.1 Å². The molecule has 0 bridgehead atoms. The standard InChI is InChI=1S/C14H10F2N4O/c1-8-17-13-5-3-10(7-20(13)19-8)18-14(21)9-2-4-11(15)12(16)6-9/h2-7H,1H3,(H,18,21). The number of fused-ring (bicyclic) bond motifs is 1. The van der Waals surface area contributed by atoms with Gasteiger partial charge in [-0.15, -0.1) is 0 Å². The molecule has 0 aliphatic carbocycles. The van der Waals surface area contributed by atoms with Crippen LogP contribution >= 0.6 is 0 Å². The molecule has 2 aromatic heterocycles. The molecule has 3 rings (SSSR count). The van der Waals surface area contributed by atoms with Gasteiger partial charge in [-0.2, -0.15) is 5.10 Å². The van der Waals surface area contributed by atoms with Crippen LogP contribution in [0.25, 0.3) is 5.65 Å². The van der Waals surface area contributed by atoms with Crippen molar-refractivity contribution in [3.05, 3.63) is 59.6 Å². The minimum atomic E-state index is -1.06. The first-order valence-corrected chi connectivity index (χ1v) is 6.12. The molecular weight excluding hydrogens is 278 g/mol. The Morgan fingerprint density at radius 1 is 1.19 bits per heavy atom. The van der Waals surface area contributed by atoms with E-state index in [4.69, 9.17) is 0 Å². The minimum Gasteiger partial charge on any atom is -0.321 e. The van der Waals surface area contributed by atoms with Crippen LogP contribution in [0.3, 0.4) is 0 Å². The zero-order chi connectivity index (χ0) is 15.0. The predicted molar refractivity (Wildman–Crippen MR) is 72.0 cm³/mol. The van der Waals surface area contributed by atoms with Gasteiger partial charge in [0.25, 0.3) is 5.91 Å². The first kappa shape index (κ1) is 13.2. The van der Waals surface area contributed by atoms with Crippen molar-refractivity contribution in [1.29, 1.82) is 0 Å². The number of carbonyl (C=O) groups excluding carboxylic acids is 1. The van der Waals surface area contributed by atoms with E-state index < -0.39 is 17.5 Å². The number of nitrogens with zero attached hydrogens (tertiary/aromatic N) is 3. The lowest BCUT2D eigenvalue weighted by Gasteiger charge is -2.05. The number of aryl methyl sites for hydroxylation is 1. The molecule has 3 aromatic rings. The smallest absolute Gasteiger partial charge is 0.255 e. The third-order valence-electron chi connectivity index (χ3n) is 2.88. The maximum atomic E-state index is 13.1. The lowest BCUT2D eigenvalue weighted by molar-refractivity contribution is 0.102. The molecule has 0 radical (unpaired) electrons. The highest BCUT2D eigenvalue weighted by Crippen LogP contribution is 2.13. The second-order valence-electron chi connectivity index (χ2n) is 4.46. The molecule has 1 amide bonds. The van der Waals surface area contributed by atoms with Crippen LogP contribution in [0.5, 0.6) is 0 Å². The van der Waals surface area contributed by atoms with Gasteiger partial charge in [0.2, 0.25) is 0 Å². The van der Waals surface area contributed by atoms with E-state index >= 15 is 0 Å². The molecule has 0 unspecified atom stereocenters. The molecule has 2 heterocycles. The fraction of sp³-hybridized carbons (Fsp3) is 0.0714. The Hall–Kier alpha value is -2.83. The first-order valence-electron chi connectivity index (χ1n) is 6.12. The van der Waals surface area contributed by atoms with Crippen molar-refractivity contribution in [2.75, 3.05) is 5.32 Å². The van der Waals surface area contributed by atoms with Crippen LogP contribution in [-0.4, -0.2) is 20.5 Å². The van der Waals surface area contributed by atoms with Crippen LogP contribution in [-0.2, 0) is 0 Å². The monoisotopic (exact) mass is 288 g/mol. The fourth-order valence-electron chi connectivity index (χ4n) is 1.91.